The van der Waals surface area contributed by atoms with Crippen LogP contribution in [-0.4, -0.2) is 29.7 Å². The highest BCUT2D eigenvalue weighted by Gasteiger charge is 2.16. The maximum absolute atomic E-state index is 11.4. The molecule has 100 valence electrons. The van der Waals surface area contributed by atoms with Gasteiger partial charge in [-0.25, -0.2) is 9.78 Å². The molecule has 0 saturated carbocycles. The number of aromatic nitrogens is 1. The number of hydrogen-bond donors (Lipinski definition) is 1. The third-order valence-electron chi connectivity index (χ3n) is 2.60. The van der Waals surface area contributed by atoms with Crippen LogP contribution in [0.15, 0.2) is 18.3 Å². The van der Waals surface area contributed by atoms with E-state index in [0.29, 0.717) is 24.7 Å². The van der Waals surface area contributed by atoms with Crippen LogP contribution >= 0.6 is 0 Å². The van der Waals surface area contributed by atoms with E-state index in [9.17, 15) is 4.79 Å². The summed E-state index contributed by atoms with van der Waals surface area (Å²) >= 11 is 0. The van der Waals surface area contributed by atoms with Gasteiger partial charge in [0.2, 0.25) is 5.88 Å². The zero-order valence-corrected chi connectivity index (χ0v) is 11.1. The fourth-order valence-electron chi connectivity index (χ4n) is 1.14. The van der Waals surface area contributed by atoms with Crippen LogP contribution in [-0.2, 0) is 4.74 Å². The average molecular weight is 252 g/mol. The van der Waals surface area contributed by atoms with Gasteiger partial charge in [0.1, 0.15) is 6.61 Å². The van der Waals surface area contributed by atoms with Crippen molar-refractivity contribution >= 4 is 5.97 Å². The molecule has 1 unspecified atom stereocenters. The van der Waals surface area contributed by atoms with E-state index in [-0.39, 0.29) is 11.5 Å². The van der Waals surface area contributed by atoms with Gasteiger partial charge in [0.25, 0.3) is 0 Å². The highest BCUT2D eigenvalue weighted by molar-refractivity contribution is 5.89. The van der Waals surface area contributed by atoms with E-state index in [0.717, 1.165) is 6.42 Å². The van der Waals surface area contributed by atoms with E-state index >= 15 is 0 Å². The molecule has 0 aliphatic heterocycles. The summed E-state index contributed by atoms with van der Waals surface area (Å²) in [6.07, 6.45) is 2.25. The summed E-state index contributed by atoms with van der Waals surface area (Å²) in [6, 6.07) is 3.26. The van der Waals surface area contributed by atoms with Crippen molar-refractivity contribution in [2.75, 3.05) is 13.2 Å². The summed E-state index contributed by atoms with van der Waals surface area (Å²) < 4.78 is 10.3. The lowest BCUT2D eigenvalue weighted by Gasteiger charge is -2.22. The third kappa shape index (κ3) is 4.33. The molecule has 0 aliphatic carbocycles. The van der Waals surface area contributed by atoms with Crippen LogP contribution in [0.25, 0.3) is 0 Å². The van der Waals surface area contributed by atoms with Gasteiger partial charge in [-0.3, -0.25) is 0 Å². The van der Waals surface area contributed by atoms with E-state index in [4.69, 9.17) is 15.2 Å². The van der Waals surface area contributed by atoms with Crippen LogP contribution in [0.5, 0.6) is 5.88 Å². The van der Waals surface area contributed by atoms with Crippen molar-refractivity contribution in [3.05, 3.63) is 23.9 Å². The second-order valence-electron chi connectivity index (χ2n) is 4.40. The van der Waals surface area contributed by atoms with Gasteiger partial charge in [-0.2, -0.15) is 0 Å². The fraction of sp³-hybridized carbons (Fsp3) is 0.538. The van der Waals surface area contributed by atoms with Crippen molar-refractivity contribution in [2.45, 2.75) is 32.7 Å². The molecule has 1 aromatic heterocycles. The molecule has 0 saturated heterocycles. The summed E-state index contributed by atoms with van der Waals surface area (Å²) in [6.45, 7) is 6.41. The number of esters is 1. The molecule has 0 fully saturated rings. The third-order valence-corrected chi connectivity index (χ3v) is 2.60. The number of nitrogens with zero attached hydrogens (tertiary/aromatic N) is 1. The monoisotopic (exact) mass is 252 g/mol. The van der Waals surface area contributed by atoms with Crippen molar-refractivity contribution in [1.29, 1.82) is 0 Å². The van der Waals surface area contributed by atoms with Crippen LogP contribution in [0.2, 0.25) is 0 Å². The van der Waals surface area contributed by atoms with E-state index in [1.165, 1.54) is 6.20 Å². The smallest absolute Gasteiger partial charge is 0.339 e. The number of ether oxygens (including phenoxy) is 2. The molecule has 0 bridgehead atoms. The van der Waals surface area contributed by atoms with Gasteiger partial charge in [-0.15, -0.1) is 0 Å². The fourth-order valence-corrected chi connectivity index (χ4v) is 1.14. The maximum atomic E-state index is 11.4. The molecule has 1 atom stereocenters. The molecular formula is C13H20N2O3. The Bertz CT molecular complexity index is 388. The van der Waals surface area contributed by atoms with E-state index in [2.05, 4.69) is 4.98 Å². The Labute approximate surface area is 107 Å². The predicted octanol–water partition coefficient (Wildman–Crippen LogP) is 1.76. The van der Waals surface area contributed by atoms with E-state index in [1.807, 2.05) is 13.8 Å². The molecule has 1 aromatic rings. The summed E-state index contributed by atoms with van der Waals surface area (Å²) in [5.74, 6) is 0.0712. The Morgan fingerprint density at radius 1 is 1.44 bits per heavy atom. The second kappa shape index (κ2) is 6.35. The molecule has 0 amide bonds. The Kier molecular flexibility index (Phi) is 5.09. The van der Waals surface area contributed by atoms with Crippen LogP contribution < -0.4 is 10.5 Å². The topological polar surface area (TPSA) is 74.4 Å². The molecule has 0 aliphatic rings. The predicted molar refractivity (Wildman–Crippen MR) is 68.6 cm³/mol. The average Bonchev–Trinajstić information content (AvgIpc) is 2.37. The molecule has 5 nitrogen and oxygen atoms in total. The quantitative estimate of drug-likeness (QED) is 0.781. The molecule has 2 N–H and O–H groups in total. The maximum Gasteiger partial charge on any atom is 0.339 e. The minimum absolute atomic E-state index is 0.346. The molecule has 5 heteroatoms. The molecule has 0 spiro atoms. The Morgan fingerprint density at radius 3 is 2.67 bits per heavy atom. The summed E-state index contributed by atoms with van der Waals surface area (Å²) in [5.41, 5.74) is 5.99. The van der Waals surface area contributed by atoms with Crippen LogP contribution in [0.4, 0.5) is 0 Å². The first kappa shape index (κ1) is 14.4. The van der Waals surface area contributed by atoms with Gasteiger partial charge < -0.3 is 15.2 Å². The van der Waals surface area contributed by atoms with Gasteiger partial charge in [0, 0.05) is 17.8 Å². The van der Waals surface area contributed by atoms with Crippen LogP contribution in [0.1, 0.15) is 37.6 Å². The molecular weight excluding hydrogens is 232 g/mol. The van der Waals surface area contributed by atoms with Crippen molar-refractivity contribution in [3.63, 3.8) is 0 Å². The molecule has 18 heavy (non-hydrogen) atoms. The Hall–Kier alpha value is -1.62. The van der Waals surface area contributed by atoms with Gasteiger partial charge >= 0.3 is 5.97 Å². The first-order valence-corrected chi connectivity index (χ1v) is 6.03. The molecule has 0 radical (unpaired) electrons. The Balaban J connectivity index is 2.58. The van der Waals surface area contributed by atoms with Gasteiger partial charge in [-0.1, -0.05) is 6.92 Å². The first-order valence-electron chi connectivity index (χ1n) is 6.03. The second-order valence-corrected chi connectivity index (χ2v) is 4.40. The number of carbonyl (C=O) groups is 1. The number of pyridine rings is 1. The highest BCUT2D eigenvalue weighted by atomic mass is 16.5. The summed E-state index contributed by atoms with van der Waals surface area (Å²) in [5, 5.41) is 0. The van der Waals surface area contributed by atoms with Crippen molar-refractivity contribution < 1.29 is 14.3 Å². The van der Waals surface area contributed by atoms with E-state index in [1.54, 1.807) is 19.1 Å². The standard InChI is InChI=1S/C13H20N2O3/c1-4-13(3,14)9-18-11-7-6-10(8-15-11)12(16)17-5-2/h6-8H,4-5,9,14H2,1-3H3. The normalized spacial score (nSPS) is 13.8. The highest BCUT2D eigenvalue weighted by Crippen LogP contribution is 2.12. The SMILES string of the molecule is CCOC(=O)c1ccc(OCC(C)(N)CC)nc1. The number of carbonyl (C=O) groups excluding carboxylic acids is 1. The molecule has 0 aromatic carbocycles. The number of hydrogen-bond acceptors (Lipinski definition) is 5. The first-order chi connectivity index (χ1) is 8.48. The largest absolute Gasteiger partial charge is 0.476 e. The summed E-state index contributed by atoms with van der Waals surface area (Å²) in [7, 11) is 0. The van der Waals surface area contributed by atoms with Gasteiger partial charge in [0.05, 0.1) is 12.2 Å². The van der Waals surface area contributed by atoms with Crippen LogP contribution in [0.3, 0.4) is 0 Å². The lowest BCUT2D eigenvalue weighted by atomic mass is 10.0. The van der Waals surface area contributed by atoms with Crippen molar-refractivity contribution in [1.82, 2.24) is 4.98 Å². The molecule has 1 rings (SSSR count). The minimum atomic E-state index is -0.381. The minimum Gasteiger partial charge on any atom is -0.476 e. The number of rotatable bonds is 6. The van der Waals surface area contributed by atoms with Crippen molar-refractivity contribution in [2.24, 2.45) is 5.73 Å². The molecule has 1 heterocycles. The Morgan fingerprint density at radius 2 is 2.17 bits per heavy atom. The summed E-state index contributed by atoms with van der Waals surface area (Å²) in [4.78, 5) is 15.4. The van der Waals surface area contributed by atoms with Crippen LogP contribution in [0, 0.1) is 0 Å². The van der Waals surface area contributed by atoms with Gasteiger partial charge in [-0.05, 0) is 26.3 Å². The van der Waals surface area contributed by atoms with Crippen molar-refractivity contribution in [3.8, 4) is 5.88 Å². The van der Waals surface area contributed by atoms with Gasteiger partial charge in [0.15, 0.2) is 0 Å². The zero-order valence-electron chi connectivity index (χ0n) is 11.1. The van der Waals surface area contributed by atoms with E-state index < -0.39 is 0 Å². The lowest BCUT2D eigenvalue weighted by molar-refractivity contribution is 0.0525. The zero-order chi connectivity index (χ0) is 13.6. The number of nitrogens with two attached hydrogens (primary N) is 1. The lowest BCUT2D eigenvalue weighted by Crippen LogP contribution is -2.41.